The summed E-state index contributed by atoms with van der Waals surface area (Å²) in [5.74, 6) is 0.106. The molecule has 1 heterocycles. The average molecular weight is 371 g/mol. The minimum Gasteiger partial charge on any atom is -0.317 e. The lowest BCUT2D eigenvalue weighted by atomic mass is 10.2. The van der Waals surface area contributed by atoms with E-state index in [0.29, 0.717) is 28.8 Å². The summed E-state index contributed by atoms with van der Waals surface area (Å²) in [6.07, 6.45) is 3.91. The number of fused-ring (bicyclic) bond motifs is 1. The molecule has 4 nitrogen and oxygen atoms in total. The van der Waals surface area contributed by atoms with E-state index >= 15 is 0 Å². The van der Waals surface area contributed by atoms with Crippen LogP contribution in [-0.2, 0) is 0 Å². The van der Waals surface area contributed by atoms with Gasteiger partial charge in [0, 0.05) is 12.1 Å². The van der Waals surface area contributed by atoms with Crippen molar-refractivity contribution < 1.29 is 4.39 Å². The molecule has 0 saturated heterocycles. The van der Waals surface area contributed by atoms with Crippen LogP contribution in [0.25, 0.3) is 28.4 Å². The molecule has 0 atom stereocenters. The molecule has 0 aliphatic rings. The Morgan fingerprint density at radius 3 is 2.43 bits per heavy atom. The van der Waals surface area contributed by atoms with Crippen LogP contribution in [-0.4, -0.2) is 16.2 Å². The Morgan fingerprint density at radius 2 is 1.64 bits per heavy atom. The molecule has 0 unspecified atom stereocenters. The largest absolute Gasteiger partial charge is 0.317 e. The zero-order chi connectivity index (χ0) is 19.3. The molecule has 0 amide bonds. The maximum Gasteiger partial charge on any atom is 0.280 e. The Morgan fingerprint density at radius 1 is 0.929 bits per heavy atom. The number of benzene rings is 3. The molecule has 0 aliphatic carbocycles. The highest BCUT2D eigenvalue weighted by Crippen LogP contribution is 2.18. The smallest absolute Gasteiger partial charge is 0.280 e. The first-order valence-corrected chi connectivity index (χ1v) is 8.95. The normalized spacial score (nSPS) is 11.2. The fourth-order valence-electron chi connectivity index (χ4n) is 2.98. The molecule has 4 rings (SSSR count). The van der Waals surface area contributed by atoms with Crippen LogP contribution in [0, 0.1) is 5.82 Å². The Labute approximate surface area is 161 Å². The number of para-hydroxylation sites is 1. The molecule has 0 aliphatic heterocycles. The predicted molar refractivity (Wildman–Crippen MR) is 111 cm³/mol. The molecule has 0 saturated carbocycles. The van der Waals surface area contributed by atoms with E-state index in [0.717, 1.165) is 5.56 Å². The van der Waals surface area contributed by atoms with Crippen LogP contribution in [0.3, 0.4) is 0 Å². The summed E-state index contributed by atoms with van der Waals surface area (Å²) in [5, 5.41) is 0.521. The second kappa shape index (κ2) is 7.88. The second-order valence-electron chi connectivity index (χ2n) is 6.28. The van der Waals surface area contributed by atoms with Crippen LogP contribution in [0.5, 0.6) is 0 Å². The molecule has 0 radical (unpaired) electrons. The summed E-state index contributed by atoms with van der Waals surface area (Å²) >= 11 is 0. The number of halogens is 1. The summed E-state index contributed by atoms with van der Waals surface area (Å²) < 4.78 is 14.8. The Hall–Kier alpha value is -3.73. The highest BCUT2D eigenvalue weighted by atomic mass is 19.1. The van der Waals surface area contributed by atoms with Gasteiger partial charge in [-0.15, -0.1) is 0 Å². The van der Waals surface area contributed by atoms with Crippen LogP contribution in [0.15, 0.2) is 89.7 Å². The van der Waals surface area contributed by atoms with Crippen molar-refractivity contribution in [1.82, 2.24) is 9.66 Å². The van der Waals surface area contributed by atoms with Crippen molar-refractivity contribution in [3.8, 4) is 11.4 Å². The van der Waals surface area contributed by atoms with E-state index in [2.05, 4.69) is 10.4 Å². The fourth-order valence-corrected chi connectivity index (χ4v) is 2.98. The number of aromatic nitrogens is 2. The lowest BCUT2D eigenvalue weighted by Gasteiger charge is -2.14. The van der Waals surface area contributed by atoms with Crippen LogP contribution in [0.2, 0.25) is 0 Å². The van der Waals surface area contributed by atoms with E-state index < -0.39 is 0 Å². The van der Waals surface area contributed by atoms with Gasteiger partial charge in [-0.3, -0.25) is 4.79 Å². The summed E-state index contributed by atoms with van der Waals surface area (Å²) in [6, 6.07) is 23.0. The minimum atomic E-state index is -0.336. The van der Waals surface area contributed by atoms with Gasteiger partial charge in [0.05, 0.1) is 10.9 Å². The number of nitrogens with zero attached hydrogens (tertiary/aromatic N) is 2. The van der Waals surface area contributed by atoms with Gasteiger partial charge in [-0.2, -0.15) is 0 Å². The first-order valence-electron chi connectivity index (χ1n) is 8.95. The van der Waals surface area contributed by atoms with Gasteiger partial charge in [-0.05, 0) is 42.0 Å². The molecule has 4 aromatic rings. The Bertz CT molecular complexity index is 1180. The topological polar surface area (TPSA) is 46.9 Å². The number of rotatable bonds is 5. The maximum atomic E-state index is 13.3. The summed E-state index contributed by atoms with van der Waals surface area (Å²) in [4.78, 5) is 17.6. The van der Waals surface area contributed by atoms with Crippen molar-refractivity contribution in [3.63, 3.8) is 0 Å². The van der Waals surface area contributed by atoms with Gasteiger partial charge in [0.2, 0.25) is 0 Å². The van der Waals surface area contributed by atoms with Gasteiger partial charge in [-0.1, -0.05) is 54.6 Å². The van der Waals surface area contributed by atoms with Crippen LogP contribution >= 0.6 is 0 Å². The third-order valence-electron chi connectivity index (χ3n) is 4.36. The van der Waals surface area contributed by atoms with Gasteiger partial charge in [-0.25, -0.2) is 14.1 Å². The zero-order valence-corrected chi connectivity index (χ0v) is 15.0. The molecule has 0 fully saturated rings. The van der Waals surface area contributed by atoms with E-state index in [1.807, 2.05) is 54.6 Å². The van der Waals surface area contributed by atoms with Crippen LogP contribution in [0.4, 0.5) is 4.39 Å². The maximum absolute atomic E-state index is 13.3. The molecule has 0 spiro atoms. The molecule has 28 heavy (non-hydrogen) atoms. The lowest BCUT2D eigenvalue weighted by Crippen LogP contribution is -2.31. The molecular formula is C23H18FN3O. The summed E-state index contributed by atoms with van der Waals surface area (Å²) in [6.45, 7) is 0.434. The van der Waals surface area contributed by atoms with Crippen molar-refractivity contribution in [2.45, 2.75) is 0 Å². The van der Waals surface area contributed by atoms with Crippen molar-refractivity contribution in [3.05, 3.63) is 107 Å². The van der Waals surface area contributed by atoms with Crippen molar-refractivity contribution >= 4 is 17.0 Å². The van der Waals surface area contributed by atoms with E-state index in [-0.39, 0.29) is 11.4 Å². The Balaban J connectivity index is 1.71. The van der Waals surface area contributed by atoms with Gasteiger partial charge < -0.3 is 5.43 Å². The van der Waals surface area contributed by atoms with Gasteiger partial charge in [0.15, 0.2) is 5.82 Å². The van der Waals surface area contributed by atoms with Crippen molar-refractivity contribution in [2.75, 3.05) is 12.0 Å². The molecule has 1 N–H and O–H groups in total. The zero-order valence-electron chi connectivity index (χ0n) is 15.0. The molecule has 1 aromatic heterocycles. The molecule has 3 aromatic carbocycles. The number of hydrogen-bond acceptors (Lipinski definition) is 3. The van der Waals surface area contributed by atoms with Gasteiger partial charge >= 0.3 is 0 Å². The van der Waals surface area contributed by atoms with Gasteiger partial charge in [0.25, 0.3) is 5.56 Å². The van der Waals surface area contributed by atoms with Crippen molar-refractivity contribution in [2.24, 2.45) is 0 Å². The summed E-state index contributed by atoms with van der Waals surface area (Å²) in [7, 11) is 0. The fraction of sp³-hybridized carbons (Fsp3) is 0.0435. The number of hydrogen-bond donors (Lipinski definition) is 1. The average Bonchev–Trinajstić information content (AvgIpc) is 2.74. The van der Waals surface area contributed by atoms with Crippen molar-refractivity contribution in [1.29, 1.82) is 0 Å². The van der Waals surface area contributed by atoms with E-state index in [1.165, 1.54) is 16.8 Å². The second-order valence-corrected chi connectivity index (χ2v) is 6.28. The third-order valence-corrected chi connectivity index (χ3v) is 4.36. The first kappa shape index (κ1) is 17.7. The standard InChI is InChI=1S/C23H18FN3O/c24-19-14-12-18(13-15-19)22-26-21-11-5-4-10-20(21)23(28)27(22)25-16-6-9-17-7-2-1-3-8-17/h1-15,25H,16H2/b9-6+. The monoisotopic (exact) mass is 371 g/mol. The van der Waals surface area contributed by atoms with E-state index in [9.17, 15) is 9.18 Å². The molecule has 5 heteroatoms. The quantitative estimate of drug-likeness (QED) is 0.563. The molecule has 0 bridgehead atoms. The Kier molecular flexibility index (Phi) is 4.97. The highest BCUT2D eigenvalue weighted by molar-refractivity contribution is 5.79. The number of nitrogens with one attached hydrogen (secondary N) is 1. The van der Waals surface area contributed by atoms with Gasteiger partial charge in [0.1, 0.15) is 5.82 Å². The van der Waals surface area contributed by atoms with Crippen LogP contribution < -0.4 is 11.0 Å². The van der Waals surface area contributed by atoms with Crippen LogP contribution in [0.1, 0.15) is 5.56 Å². The predicted octanol–water partition coefficient (Wildman–Crippen LogP) is 4.46. The van der Waals surface area contributed by atoms with E-state index in [4.69, 9.17) is 0 Å². The SMILES string of the molecule is O=c1c2ccccc2nc(-c2ccc(F)cc2)n1NC/C=C/c1ccccc1. The third kappa shape index (κ3) is 3.69. The van der Waals surface area contributed by atoms with E-state index in [1.54, 1.807) is 24.3 Å². The first-order chi connectivity index (χ1) is 13.7. The molecular weight excluding hydrogens is 353 g/mol. The molecule has 138 valence electrons. The lowest BCUT2D eigenvalue weighted by molar-refractivity contribution is 0.628. The highest BCUT2D eigenvalue weighted by Gasteiger charge is 2.12. The minimum absolute atomic E-state index is 0.196. The summed E-state index contributed by atoms with van der Waals surface area (Å²) in [5.41, 5.74) is 5.26.